The number of amides is 1. The van der Waals surface area contributed by atoms with Crippen molar-refractivity contribution < 1.29 is 19.4 Å². The minimum Gasteiger partial charge on any atom is -0.481 e. The van der Waals surface area contributed by atoms with Gasteiger partial charge in [-0.15, -0.1) is 0 Å². The average molecular weight is 293 g/mol. The summed E-state index contributed by atoms with van der Waals surface area (Å²) in [7, 11) is 0. The number of ether oxygens (including phenoxy) is 1. The monoisotopic (exact) mass is 293 g/mol. The van der Waals surface area contributed by atoms with Crippen LogP contribution in [0.4, 0.5) is 0 Å². The SMILES string of the molecule is Cc1cc(C(=O)NC(C)C(C)C)cc(C)c1OCC(=O)O. The Morgan fingerprint density at radius 1 is 1.19 bits per heavy atom. The maximum atomic E-state index is 12.2. The predicted molar refractivity (Wildman–Crippen MR) is 80.8 cm³/mol. The topological polar surface area (TPSA) is 75.6 Å². The summed E-state index contributed by atoms with van der Waals surface area (Å²) >= 11 is 0. The molecule has 1 rings (SSSR count). The van der Waals surface area contributed by atoms with Gasteiger partial charge in [-0.2, -0.15) is 0 Å². The van der Waals surface area contributed by atoms with E-state index in [1.807, 2.05) is 20.8 Å². The zero-order chi connectivity index (χ0) is 16.2. The molecule has 0 radical (unpaired) electrons. The van der Waals surface area contributed by atoms with Gasteiger partial charge in [-0.1, -0.05) is 13.8 Å². The first-order valence-electron chi connectivity index (χ1n) is 6.99. The Bertz CT molecular complexity index is 514. The fourth-order valence-corrected chi connectivity index (χ4v) is 1.90. The van der Waals surface area contributed by atoms with Crippen molar-refractivity contribution in [2.75, 3.05) is 6.61 Å². The van der Waals surface area contributed by atoms with Crippen molar-refractivity contribution in [3.05, 3.63) is 28.8 Å². The maximum absolute atomic E-state index is 12.2. The molecule has 1 amide bonds. The van der Waals surface area contributed by atoms with Gasteiger partial charge in [0.2, 0.25) is 0 Å². The van der Waals surface area contributed by atoms with Crippen LogP contribution in [0.5, 0.6) is 5.75 Å². The van der Waals surface area contributed by atoms with Crippen LogP contribution in [-0.2, 0) is 4.79 Å². The lowest BCUT2D eigenvalue weighted by Gasteiger charge is -2.18. The molecule has 0 aliphatic heterocycles. The number of benzene rings is 1. The fraction of sp³-hybridized carbons (Fsp3) is 0.500. The molecule has 0 spiro atoms. The molecule has 0 bridgehead atoms. The van der Waals surface area contributed by atoms with Crippen molar-refractivity contribution in [1.29, 1.82) is 0 Å². The Morgan fingerprint density at radius 2 is 1.71 bits per heavy atom. The maximum Gasteiger partial charge on any atom is 0.341 e. The molecule has 0 heterocycles. The molecule has 0 fully saturated rings. The van der Waals surface area contributed by atoms with Gasteiger partial charge >= 0.3 is 5.97 Å². The lowest BCUT2D eigenvalue weighted by Crippen LogP contribution is -2.36. The molecule has 5 heteroatoms. The smallest absolute Gasteiger partial charge is 0.341 e. The first-order valence-corrected chi connectivity index (χ1v) is 6.99. The second kappa shape index (κ2) is 7.11. The van der Waals surface area contributed by atoms with E-state index in [-0.39, 0.29) is 11.9 Å². The molecule has 0 aromatic heterocycles. The Morgan fingerprint density at radius 3 is 2.14 bits per heavy atom. The van der Waals surface area contributed by atoms with Crippen molar-refractivity contribution in [3.8, 4) is 5.75 Å². The molecule has 2 N–H and O–H groups in total. The van der Waals surface area contributed by atoms with Gasteiger partial charge in [0, 0.05) is 11.6 Å². The van der Waals surface area contributed by atoms with Crippen molar-refractivity contribution in [2.45, 2.75) is 40.7 Å². The molecule has 0 saturated carbocycles. The van der Waals surface area contributed by atoms with Crippen LogP contribution in [0.25, 0.3) is 0 Å². The molecule has 5 nitrogen and oxygen atoms in total. The summed E-state index contributed by atoms with van der Waals surface area (Å²) in [6.45, 7) is 9.26. The first kappa shape index (κ1) is 17.0. The molecule has 0 aliphatic rings. The number of hydrogen-bond donors (Lipinski definition) is 2. The Balaban J connectivity index is 2.92. The van der Waals surface area contributed by atoms with Crippen LogP contribution in [0.2, 0.25) is 0 Å². The van der Waals surface area contributed by atoms with Gasteiger partial charge in [-0.25, -0.2) is 4.79 Å². The van der Waals surface area contributed by atoms with Gasteiger partial charge in [0.05, 0.1) is 0 Å². The van der Waals surface area contributed by atoms with Crippen LogP contribution in [-0.4, -0.2) is 29.6 Å². The highest BCUT2D eigenvalue weighted by atomic mass is 16.5. The van der Waals surface area contributed by atoms with E-state index in [1.165, 1.54) is 0 Å². The van der Waals surface area contributed by atoms with Crippen molar-refractivity contribution >= 4 is 11.9 Å². The lowest BCUT2D eigenvalue weighted by molar-refractivity contribution is -0.139. The van der Waals surface area contributed by atoms with E-state index in [2.05, 4.69) is 5.32 Å². The van der Waals surface area contributed by atoms with Gasteiger partial charge in [0.15, 0.2) is 6.61 Å². The van der Waals surface area contributed by atoms with E-state index < -0.39 is 12.6 Å². The fourth-order valence-electron chi connectivity index (χ4n) is 1.90. The Labute approximate surface area is 125 Å². The highest BCUT2D eigenvalue weighted by Crippen LogP contribution is 2.25. The Kier molecular flexibility index (Phi) is 5.76. The summed E-state index contributed by atoms with van der Waals surface area (Å²) in [5.74, 6) is -0.284. The molecular formula is C16H23NO4. The molecule has 1 aromatic rings. The minimum absolute atomic E-state index is 0.0843. The summed E-state index contributed by atoms with van der Waals surface area (Å²) in [5.41, 5.74) is 2.05. The first-order chi connectivity index (χ1) is 9.72. The number of carboxylic acids is 1. The van der Waals surface area contributed by atoms with Crippen LogP contribution in [0, 0.1) is 19.8 Å². The zero-order valence-electron chi connectivity index (χ0n) is 13.2. The van der Waals surface area contributed by atoms with E-state index in [9.17, 15) is 9.59 Å². The van der Waals surface area contributed by atoms with Crippen LogP contribution < -0.4 is 10.1 Å². The molecule has 0 saturated heterocycles. The lowest BCUT2D eigenvalue weighted by atomic mass is 10.0. The molecule has 1 unspecified atom stereocenters. The van der Waals surface area contributed by atoms with Crippen LogP contribution >= 0.6 is 0 Å². The highest BCUT2D eigenvalue weighted by Gasteiger charge is 2.15. The third-order valence-electron chi connectivity index (χ3n) is 3.42. The van der Waals surface area contributed by atoms with Crippen molar-refractivity contribution in [3.63, 3.8) is 0 Å². The predicted octanol–water partition coefficient (Wildman–Crippen LogP) is 2.54. The summed E-state index contributed by atoms with van der Waals surface area (Å²) in [6, 6.07) is 3.51. The number of aliphatic carboxylic acids is 1. The number of carbonyl (C=O) groups excluding carboxylic acids is 1. The van der Waals surface area contributed by atoms with Gasteiger partial charge in [-0.3, -0.25) is 4.79 Å². The average Bonchev–Trinajstić information content (AvgIpc) is 2.36. The summed E-state index contributed by atoms with van der Waals surface area (Å²) < 4.78 is 5.25. The third-order valence-corrected chi connectivity index (χ3v) is 3.42. The van der Waals surface area contributed by atoms with E-state index >= 15 is 0 Å². The normalized spacial score (nSPS) is 12.1. The van der Waals surface area contributed by atoms with E-state index in [0.717, 1.165) is 11.1 Å². The molecular weight excluding hydrogens is 270 g/mol. The van der Waals surface area contributed by atoms with Crippen molar-refractivity contribution in [1.82, 2.24) is 5.32 Å². The number of nitrogens with one attached hydrogen (secondary N) is 1. The van der Waals surface area contributed by atoms with Crippen LogP contribution in [0.3, 0.4) is 0 Å². The summed E-state index contributed by atoms with van der Waals surface area (Å²) in [4.78, 5) is 22.8. The summed E-state index contributed by atoms with van der Waals surface area (Å²) in [5, 5.41) is 11.6. The Hall–Kier alpha value is -2.04. The van der Waals surface area contributed by atoms with E-state index in [4.69, 9.17) is 9.84 Å². The number of carboxylic acid groups (broad SMARTS) is 1. The molecule has 116 valence electrons. The second-order valence-electron chi connectivity index (χ2n) is 5.63. The molecule has 1 aromatic carbocycles. The van der Waals surface area contributed by atoms with Gasteiger partial charge in [0.1, 0.15) is 5.75 Å². The number of hydrogen-bond acceptors (Lipinski definition) is 3. The quantitative estimate of drug-likeness (QED) is 0.845. The molecule has 1 atom stereocenters. The van der Waals surface area contributed by atoms with Crippen LogP contribution in [0.1, 0.15) is 42.3 Å². The molecule has 0 aliphatic carbocycles. The van der Waals surface area contributed by atoms with E-state index in [0.29, 0.717) is 17.2 Å². The molecule has 21 heavy (non-hydrogen) atoms. The number of aryl methyl sites for hydroxylation is 2. The summed E-state index contributed by atoms with van der Waals surface area (Å²) in [6.07, 6.45) is 0. The highest BCUT2D eigenvalue weighted by molar-refractivity contribution is 5.95. The number of carbonyl (C=O) groups is 2. The van der Waals surface area contributed by atoms with Crippen LogP contribution in [0.15, 0.2) is 12.1 Å². The minimum atomic E-state index is -1.03. The third kappa shape index (κ3) is 4.77. The van der Waals surface area contributed by atoms with Gasteiger partial charge in [0.25, 0.3) is 5.91 Å². The standard InChI is InChI=1S/C16H23NO4/c1-9(2)12(5)17-16(20)13-6-10(3)15(11(4)7-13)21-8-14(18)19/h6-7,9,12H,8H2,1-5H3,(H,17,20)(H,18,19). The van der Waals surface area contributed by atoms with E-state index in [1.54, 1.807) is 26.0 Å². The van der Waals surface area contributed by atoms with Crippen molar-refractivity contribution in [2.24, 2.45) is 5.92 Å². The van der Waals surface area contributed by atoms with Gasteiger partial charge < -0.3 is 15.2 Å². The van der Waals surface area contributed by atoms with Gasteiger partial charge in [-0.05, 0) is 49.9 Å². The number of rotatable bonds is 6. The second-order valence-corrected chi connectivity index (χ2v) is 5.63. The zero-order valence-corrected chi connectivity index (χ0v) is 13.2. The largest absolute Gasteiger partial charge is 0.481 e.